The molecule has 1 N–H and O–H groups in total. The second kappa shape index (κ2) is 11.7. The predicted octanol–water partition coefficient (Wildman–Crippen LogP) is 4.50. The minimum Gasteiger partial charge on any atom is -0.493 e. The number of aromatic nitrogens is 4. The molecule has 0 fully saturated rings. The van der Waals surface area contributed by atoms with Crippen LogP contribution in [0.2, 0.25) is 0 Å². The number of fused-ring (bicyclic) bond motifs is 1. The number of nitrogens with one attached hydrogen (secondary N) is 1. The van der Waals surface area contributed by atoms with Gasteiger partial charge in [-0.25, -0.2) is 9.97 Å². The number of hydrogen-bond donors (Lipinski definition) is 1. The first-order valence-electron chi connectivity index (χ1n) is 12.4. The average Bonchev–Trinajstić information content (AvgIpc) is 3.29. The summed E-state index contributed by atoms with van der Waals surface area (Å²) in [5, 5.41) is 0. The summed E-state index contributed by atoms with van der Waals surface area (Å²) < 4.78 is 36.9. The fraction of sp³-hybridized carbons (Fsp3) is 0.370. The van der Waals surface area contributed by atoms with E-state index in [2.05, 4.69) is 22.1 Å². The molecule has 0 bridgehead atoms. The highest BCUT2D eigenvalue weighted by atomic mass is 32.2. The van der Waals surface area contributed by atoms with E-state index in [1.165, 1.54) is 11.9 Å². The van der Waals surface area contributed by atoms with Crippen LogP contribution in [0.25, 0.3) is 22.6 Å². The van der Waals surface area contributed by atoms with E-state index in [4.69, 9.17) is 13.9 Å². The maximum atomic E-state index is 13.0. The van der Waals surface area contributed by atoms with Gasteiger partial charge in [0.25, 0.3) is 15.7 Å². The van der Waals surface area contributed by atoms with E-state index in [1.807, 2.05) is 49.4 Å². The summed E-state index contributed by atoms with van der Waals surface area (Å²) in [7, 11) is -3.70. The zero-order chi connectivity index (χ0) is 26.4. The number of para-hydroxylation sites is 1. The number of aromatic amines is 1. The van der Waals surface area contributed by atoms with Crippen molar-refractivity contribution < 1.29 is 17.3 Å². The summed E-state index contributed by atoms with van der Waals surface area (Å²) in [6.07, 6.45) is 4.89. The third-order valence-corrected chi connectivity index (χ3v) is 6.72. The van der Waals surface area contributed by atoms with Crippen LogP contribution in [0, 0.1) is 0 Å². The van der Waals surface area contributed by atoms with E-state index < -0.39 is 22.3 Å². The van der Waals surface area contributed by atoms with Crippen LogP contribution in [0.4, 0.5) is 0 Å². The third kappa shape index (κ3) is 6.64. The quantitative estimate of drug-likeness (QED) is 0.271. The van der Waals surface area contributed by atoms with Gasteiger partial charge in [0.05, 0.1) is 36.9 Å². The molecule has 4 aromatic rings. The van der Waals surface area contributed by atoms with Crippen molar-refractivity contribution in [3.05, 3.63) is 76.8 Å². The average molecular weight is 525 g/mol. The van der Waals surface area contributed by atoms with Gasteiger partial charge in [0.2, 0.25) is 0 Å². The van der Waals surface area contributed by atoms with E-state index >= 15 is 0 Å². The SMILES string of the molecule is CCCOc1ccccc1-c1nc2c(ncn2C(CCCc2ccccc2)C(C)OS(C)(=O)=O)c(=O)[nH]1. The van der Waals surface area contributed by atoms with Crippen LogP contribution in [0.1, 0.15) is 44.7 Å². The smallest absolute Gasteiger partial charge is 0.279 e. The first-order chi connectivity index (χ1) is 17.8. The van der Waals surface area contributed by atoms with Crippen molar-refractivity contribution >= 4 is 21.3 Å². The minimum atomic E-state index is -3.70. The molecule has 0 aliphatic heterocycles. The molecule has 0 spiro atoms. The van der Waals surface area contributed by atoms with Crippen LogP contribution < -0.4 is 10.3 Å². The van der Waals surface area contributed by atoms with E-state index in [0.717, 1.165) is 25.5 Å². The Morgan fingerprint density at radius 1 is 1.08 bits per heavy atom. The highest BCUT2D eigenvalue weighted by Crippen LogP contribution is 2.30. The summed E-state index contributed by atoms with van der Waals surface area (Å²) in [6, 6.07) is 17.0. The topological polar surface area (TPSA) is 116 Å². The van der Waals surface area contributed by atoms with Crippen LogP contribution in [0.3, 0.4) is 0 Å². The Bertz CT molecular complexity index is 1500. The van der Waals surface area contributed by atoms with Crippen LogP contribution >= 0.6 is 0 Å². The molecule has 196 valence electrons. The number of nitrogens with zero attached hydrogens (tertiary/aromatic N) is 3. The summed E-state index contributed by atoms with van der Waals surface area (Å²) >= 11 is 0. The van der Waals surface area contributed by atoms with Crippen LogP contribution in [0.5, 0.6) is 5.75 Å². The molecule has 0 saturated heterocycles. The van der Waals surface area contributed by atoms with E-state index in [-0.39, 0.29) is 11.1 Å². The van der Waals surface area contributed by atoms with Crippen molar-refractivity contribution in [1.29, 1.82) is 0 Å². The monoisotopic (exact) mass is 524 g/mol. The normalized spacial score (nSPS) is 13.5. The highest BCUT2D eigenvalue weighted by molar-refractivity contribution is 7.86. The zero-order valence-electron chi connectivity index (χ0n) is 21.3. The zero-order valence-corrected chi connectivity index (χ0v) is 22.1. The highest BCUT2D eigenvalue weighted by Gasteiger charge is 2.26. The molecule has 37 heavy (non-hydrogen) atoms. The number of hydrogen-bond acceptors (Lipinski definition) is 7. The van der Waals surface area contributed by atoms with Crippen molar-refractivity contribution in [2.24, 2.45) is 0 Å². The first-order valence-corrected chi connectivity index (χ1v) is 14.2. The van der Waals surface area contributed by atoms with Gasteiger partial charge >= 0.3 is 0 Å². The summed E-state index contributed by atoms with van der Waals surface area (Å²) in [6.45, 7) is 4.26. The summed E-state index contributed by atoms with van der Waals surface area (Å²) in [4.78, 5) is 24.9. The van der Waals surface area contributed by atoms with Gasteiger partial charge in [0, 0.05) is 0 Å². The molecule has 10 heteroatoms. The van der Waals surface area contributed by atoms with Crippen molar-refractivity contribution in [2.45, 2.75) is 51.7 Å². The molecule has 0 amide bonds. The second-order valence-electron chi connectivity index (χ2n) is 9.03. The minimum absolute atomic E-state index is 0.176. The third-order valence-electron chi connectivity index (χ3n) is 6.07. The van der Waals surface area contributed by atoms with Gasteiger partial charge in [0.1, 0.15) is 11.6 Å². The van der Waals surface area contributed by atoms with Crippen molar-refractivity contribution in [3.8, 4) is 17.1 Å². The van der Waals surface area contributed by atoms with Gasteiger partial charge in [-0.05, 0) is 50.3 Å². The van der Waals surface area contributed by atoms with Crippen LogP contribution in [-0.4, -0.2) is 46.9 Å². The lowest BCUT2D eigenvalue weighted by Gasteiger charge is -2.25. The number of ether oxygens (including phenoxy) is 1. The molecule has 0 radical (unpaired) electrons. The van der Waals surface area contributed by atoms with Crippen LogP contribution in [-0.2, 0) is 20.7 Å². The lowest BCUT2D eigenvalue weighted by atomic mass is 10.0. The Kier molecular flexibility index (Phi) is 8.40. The first kappa shape index (κ1) is 26.6. The molecule has 9 nitrogen and oxygen atoms in total. The molecule has 2 heterocycles. The number of imidazole rings is 1. The van der Waals surface area contributed by atoms with E-state index in [1.54, 1.807) is 11.5 Å². The molecule has 0 aliphatic rings. The number of H-pyrrole nitrogens is 1. The van der Waals surface area contributed by atoms with Gasteiger partial charge < -0.3 is 14.3 Å². The molecule has 0 aliphatic carbocycles. The Morgan fingerprint density at radius 3 is 2.54 bits per heavy atom. The fourth-order valence-electron chi connectivity index (χ4n) is 4.40. The maximum Gasteiger partial charge on any atom is 0.279 e. The van der Waals surface area contributed by atoms with Gasteiger partial charge in [0.15, 0.2) is 11.2 Å². The fourth-order valence-corrected chi connectivity index (χ4v) is 5.08. The summed E-state index contributed by atoms with van der Waals surface area (Å²) in [5.74, 6) is 0.969. The standard InChI is InChI=1S/C27H32N4O5S/c1-4-17-35-23-16-9-8-14-21(23)25-29-26-24(27(32)30-25)28-18-31(26)22(19(2)36-37(3,33)34)15-10-13-20-11-6-5-7-12-20/h5-9,11-12,14,16,18-19,22H,4,10,13,15,17H2,1-3H3,(H,29,30,32). The molecule has 0 saturated carbocycles. The molecule has 4 rings (SSSR count). The Labute approximate surface area is 216 Å². The second-order valence-corrected chi connectivity index (χ2v) is 10.6. The molecular weight excluding hydrogens is 492 g/mol. The van der Waals surface area contributed by atoms with Crippen molar-refractivity contribution in [1.82, 2.24) is 19.5 Å². The maximum absolute atomic E-state index is 13.0. The molecule has 2 aromatic carbocycles. The van der Waals surface area contributed by atoms with Gasteiger partial charge in [-0.15, -0.1) is 0 Å². The molecule has 2 unspecified atom stereocenters. The number of aryl methyl sites for hydroxylation is 1. The molecule has 2 atom stereocenters. The molecular formula is C27H32N4O5S. The Hall–Kier alpha value is -3.50. The van der Waals surface area contributed by atoms with E-state index in [9.17, 15) is 13.2 Å². The van der Waals surface area contributed by atoms with Crippen molar-refractivity contribution in [3.63, 3.8) is 0 Å². The van der Waals surface area contributed by atoms with Gasteiger partial charge in [-0.3, -0.25) is 8.98 Å². The van der Waals surface area contributed by atoms with Crippen molar-refractivity contribution in [2.75, 3.05) is 12.9 Å². The summed E-state index contributed by atoms with van der Waals surface area (Å²) in [5.41, 5.74) is 1.99. The number of benzene rings is 2. The predicted molar refractivity (Wildman–Crippen MR) is 143 cm³/mol. The van der Waals surface area contributed by atoms with Crippen LogP contribution in [0.15, 0.2) is 65.7 Å². The number of rotatable bonds is 12. The van der Waals surface area contributed by atoms with Gasteiger partial charge in [-0.1, -0.05) is 49.4 Å². The molecule has 2 aromatic heterocycles. The van der Waals surface area contributed by atoms with E-state index in [0.29, 0.717) is 35.8 Å². The lowest BCUT2D eigenvalue weighted by molar-refractivity contribution is 0.157. The Balaban J connectivity index is 1.73. The Morgan fingerprint density at radius 2 is 1.81 bits per heavy atom. The lowest BCUT2D eigenvalue weighted by Crippen LogP contribution is -2.27. The van der Waals surface area contributed by atoms with Gasteiger partial charge in [-0.2, -0.15) is 8.42 Å². The largest absolute Gasteiger partial charge is 0.493 e.